The van der Waals surface area contributed by atoms with Crippen molar-refractivity contribution in [3.63, 3.8) is 0 Å². The highest BCUT2D eigenvalue weighted by molar-refractivity contribution is 5.30. The average Bonchev–Trinajstić information content (AvgIpc) is 2.87. The first kappa shape index (κ1) is 13.4. The minimum Gasteiger partial charge on any atom is -0.348 e. The Labute approximate surface area is 110 Å². The van der Waals surface area contributed by atoms with E-state index < -0.39 is 0 Å². The van der Waals surface area contributed by atoms with Crippen LogP contribution in [-0.2, 0) is 13.6 Å². The molecule has 2 rings (SSSR count). The van der Waals surface area contributed by atoms with Crippen molar-refractivity contribution in [2.45, 2.75) is 32.7 Å². The highest BCUT2D eigenvalue weighted by atomic mass is 15.3. The Morgan fingerprint density at radius 1 is 1.44 bits per heavy atom. The van der Waals surface area contributed by atoms with Crippen LogP contribution < -0.4 is 10.2 Å². The quantitative estimate of drug-likeness (QED) is 0.868. The van der Waals surface area contributed by atoms with Crippen LogP contribution in [0.2, 0.25) is 0 Å². The molecule has 1 heterocycles. The molecule has 0 aliphatic heterocycles. The normalized spacial score (nSPS) is 23.6. The Kier molecular flexibility index (Phi) is 4.27. The fourth-order valence-corrected chi connectivity index (χ4v) is 2.93. The summed E-state index contributed by atoms with van der Waals surface area (Å²) in [4.78, 5) is 6.47. The van der Waals surface area contributed by atoms with E-state index in [1.54, 1.807) is 0 Å². The molecule has 2 atom stereocenters. The molecule has 1 aliphatic rings. The summed E-state index contributed by atoms with van der Waals surface area (Å²) < 4.78 is 2.16. The van der Waals surface area contributed by atoms with Crippen LogP contribution >= 0.6 is 0 Å². The third kappa shape index (κ3) is 3.05. The van der Waals surface area contributed by atoms with Crippen LogP contribution in [0.15, 0.2) is 6.20 Å². The number of nitrogens with one attached hydrogen (secondary N) is 1. The van der Waals surface area contributed by atoms with Gasteiger partial charge in [0.1, 0.15) is 0 Å². The van der Waals surface area contributed by atoms with Crippen molar-refractivity contribution < 1.29 is 0 Å². The van der Waals surface area contributed by atoms with Crippen LogP contribution in [0.3, 0.4) is 0 Å². The van der Waals surface area contributed by atoms with Crippen molar-refractivity contribution in [3.8, 4) is 0 Å². The van der Waals surface area contributed by atoms with Gasteiger partial charge in [-0.15, -0.1) is 0 Å². The number of anilines is 1. The zero-order valence-corrected chi connectivity index (χ0v) is 12.1. The Morgan fingerprint density at radius 2 is 2.22 bits per heavy atom. The van der Waals surface area contributed by atoms with Gasteiger partial charge in [-0.1, -0.05) is 13.3 Å². The first-order chi connectivity index (χ1) is 8.58. The molecule has 1 aromatic rings. The lowest BCUT2D eigenvalue weighted by Gasteiger charge is -2.14. The molecule has 1 aromatic heterocycles. The van der Waals surface area contributed by atoms with E-state index in [-0.39, 0.29) is 0 Å². The molecule has 0 aromatic carbocycles. The van der Waals surface area contributed by atoms with Gasteiger partial charge in [0.25, 0.3) is 0 Å². The number of imidazole rings is 1. The van der Waals surface area contributed by atoms with Gasteiger partial charge in [0, 0.05) is 27.7 Å². The van der Waals surface area contributed by atoms with E-state index in [1.807, 2.05) is 25.2 Å². The summed E-state index contributed by atoms with van der Waals surface area (Å²) in [5.74, 6) is 2.82. The van der Waals surface area contributed by atoms with Crippen molar-refractivity contribution in [2.24, 2.45) is 18.9 Å². The lowest BCUT2D eigenvalue weighted by molar-refractivity contribution is 0.466. The molecule has 1 fully saturated rings. The van der Waals surface area contributed by atoms with Gasteiger partial charge in [-0.3, -0.25) is 0 Å². The Morgan fingerprint density at radius 3 is 2.78 bits per heavy atom. The summed E-state index contributed by atoms with van der Waals surface area (Å²) >= 11 is 0. The smallest absolute Gasteiger partial charge is 0.204 e. The Hall–Kier alpha value is -1.03. The maximum Gasteiger partial charge on any atom is 0.204 e. The van der Waals surface area contributed by atoms with Gasteiger partial charge >= 0.3 is 0 Å². The van der Waals surface area contributed by atoms with Crippen LogP contribution in [0, 0.1) is 11.8 Å². The molecule has 0 spiro atoms. The molecule has 4 nitrogen and oxygen atoms in total. The van der Waals surface area contributed by atoms with Crippen LogP contribution in [0.25, 0.3) is 0 Å². The van der Waals surface area contributed by atoms with E-state index >= 15 is 0 Å². The first-order valence-electron chi connectivity index (χ1n) is 6.96. The molecule has 4 heteroatoms. The highest BCUT2D eigenvalue weighted by Crippen LogP contribution is 2.29. The Balaban J connectivity index is 1.80. The van der Waals surface area contributed by atoms with Gasteiger partial charge in [0.15, 0.2) is 0 Å². The predicted octanol–water partition coefficient (Wildman–Crippen LogP) is 2.01. The highest BCUT2D eigenvalue weighted by Gasteiger charge is 2.20. The monoisotopic (exact) mass is 250 g/mol. The van der Waals surface area contributed by atoms with Crippen molar-refractivity contribution in [1.82, 2.24) is 14.9 Å². The molecule has 18 heavy (non-hydrogen) atoms. The summed E-state index contributed by atoms with van der Waals surface area (Å²) in [6.45, 7) is 4.43. The number of rotatable bonds is 5. The molecule has 0 bridgehead atoms. The second-order valence-corrected chi connectivity index (χ2v) is 5.92. The third-order valence-corrected chi connectivity index (χ3v) is 4.00. The predicted molar refractivity (Wildman–Crippen MR) is 75.7 cm³/mol. The van der Waals surface area contributed by atoms with E-state index in [0.717, 1.165) is 30.9 Å². The SMILES string of the molecule is CC1CCC(CNCc2cnc(N(C)C)n2C)C1. The summed E-state index contributed by atoms with van der Waals surface area (Å²) in [6.07, 6.45) is 6.16. The van der Waals surface area contributed by atoms with Gasteiger partial charge in [0.2, 0.25) is 5.95 Å². The van der Waals surface area contributed by atoms with E-state index in [2.05, 4.69) is 28.8 Å². The third-order valence-electron chi connectivity index (χ3n) is 4.00. The van der Waals surface area contributed by atoms with E-state index in [4.69, 9.17) is 0 Å². The van der Waals surface area contributed by atoms with E-state index in [9.17, 15) is 0 Å². The van der Waals surface area contributed by atoms with Crippen molar-refractivity contribution in [2.75, 3.05) is 25.5 Å². The van der Waals surface area contributed by atoms with Crippen LogP contribution in [0.1, 0.15) is 31.9 Å². The second kappa shape index (κ2) is 5.74. The fraction of sp³-hybridized carbons (Fsp3) is 0.786. The maximum absolute atomic E-state index is 4.43. The van der Waals surface area contributed by atoms with Crippen molar-refractivity contribution in [3.05, 3.63) is 11.9 Å². The van der Waals surface area contributed by atoms with Gasteiger partial charge < -0.3 is 14.8 Å². The maximum atomic E-state index is 4.43. The second-order valence-electron chi connectivity index (χ2n) is 5.92. The van der Waals surface area contributed by atoms with Crippen LogP contribution in [0.4, 0.5) is 5.95 Å². The summed E-state index contributed by atoms with van der Waals surface area (Å²) in [5, 5.41) is 3.58. The standard InChI is InChI=1S/C14H26N4/c1-11-5-6-12(7-11)8-15-9-13-10-16-14(17(2)3)18(13)4/h10-12,15H,5-9H2,1-4H3. The Bertz CT molecular complexity index is 383. The van der Waals surface area contributed by atoms with E-state index in [0.29, 0.717) is 0 Å². The minimum atomic E-state index is 0.876. The number of hydrogen-bond acceptors (Lipinski definition) is 3. The summed E-state index contributed by atoms with van der Waals surface area (Å²) in [5.41, 5.74) is 1.25. The molecule has 1 aliphatic carbocycles. The van der Waals surface area contributed by atoms with Crippen LogP contribution in [-0.4, -0.2) is 30.2 Å². The molecular weight excluding hydrogens is 224 g/mol. The summed E-state index contributed by atoms with van der Waals surface area (Å²) in [7, 11) is 6.13. The van der Waals surface area contributed by atoms with Crippen molar-refractivity contribution >= 4 is 5.95 Å². The lowest BCUT2D eigenvalue weighted by atomic mass is 10.1. The molecule has 2 unspecified atom stereocenters. The lowest BCUT2D eigenvalue weighted by Crippen LogP contribution is -2.22. The zero-order chi connectivity index (χ0) is 13.1. The van der Waals surface area contributed by atoms with Gasteiger partial charge in [-0.25, -0.2) is 4.98 Å². The van der Waals surface area contributed by atoms with Gasteiger partial charge in [-0.05, 0) is 31.2 Å². The zero-order valence-electron chi connectivity index (χ0n) is 12.1. The number of aromatic nitrogens is 2. The fourth-order valence-electron chi connectivity index (χ4n) is 2.93. The van der Waals surface area contributed by atoms with Gasteiger partial charge in [0.05, 0.1) is 11.9 Å². The average molecular weight is 250 g/mol. The van der Waals surface area contributed by atoms with E-state index in [1.165, 1.54) is 25.0 Å². The minimum absolute atomic E-state index is 0.876. The van der Waals surface area contributed by atoms with Crippen LogP contribution in [0.5, 0.6) is 0 Å². The topological polar surface area (TPSA) is 33.1 Å². The number of nitrogens with zero attached hydrogens (tertiary/aromatic N) is 3. The number of hydrogen-bond donors (Lipinski definition) is 1. The summed E-state index contributed by atoms with van der Waals surface area (Å²) in [6, 6.07) is 0. The first-order valence-corrected chi connectivity index (χ1v) is 6.96. The molecular formula is C14H26N4. The molecule has 0 amide bonds. The molecule has 0 radical (unpaired) electrons. The molecule has 1 N–H and O–H groups in total. The molecule has 0 saturated heterocycles. The molecule has 102 valence electrons. The van der Waals surface area contributed by atoms with Crippen molar-refractivity contribution in [1.29, 1.82) is 0 Å². The molecule has 1 saturated carbocycles. The van der Waals surface area contributed by atoms with Gasteiger partial charge in [-0.2, -0.15) is 0 Å². The largest absolute Gasteiger partial charge is 0.348 e.